The Hall–Kier alpha value is -0.840. The molecule has 1 aliphatic heterocycles. The van der Waals surface area contributed by atoms with E-state index >= 15 is 0 Å². The maximum atomic E-state index is 5.79. The molecule has 0 saturated carbocycles. The minimum absolute atomic E-state index is 0.694. The molecule has 2 rings (SSSR count). The third-order valence-corrected chi connectivity index (χ3v) is 3.78. The molecule has 1 aromatic heterocycles. The van der Waals surface area contributed by atoms with E-state index < -0.39 is 0 Å². The molecule has 2 heterocycles. The Morgan fingerprint density at radius 2 is 2.00 bits per heavy atom. The van der Waals surface area contributed by atoms with Gasteiger partial charge in [0.2, 0.25) is 0 Å². The van der Waals surface area contributed by atoms with Crippen molar-refractivity contribution in [1.82, 2.24) is 15.1 Å². The van der Waals surface area contributed by atoms with Gasteiger partial charge in [0.1, 0.15) is 11.5 Å². The van der Waals surface area contributed by atoms with Crippen molar-refractivity contribution in [3.63, 3.8) is 0 Å². The fourth-order valence-corrected chi connectivity index (χ4v) is 2.59. The fourth-order valence-electron chi connectivity index (χ4n) is 2.59. The second kappa shape index (κ2) is 6.36. The summed E-state index contributed by atoms with van der Waals surface area (Å²) in [7, 11) is 6.34. The lowest BCUT2D eigenvalue weighted by atomic mass is 10.0. The predicted octanol–water partition coefficient (Wildman–Crippen LogP) is 1.53. The largest absolute Gasteiger partial charge is 0.463 e. The highest BCUT2D eigenvalue weighted by molar-refractivity contribution is 5.07. The monoisotopic (exact) mass is 251 g/mol. The molecule has 4 heteroatoms. The van der Waals surface area contributed by atoms with Gasteiger partial charge in [0.05, 0.1) is 13.1 Å². The first kappa shape index (κ1) is 13.6. The average Bonchev–Trinajstić information content (AvgIpc) is 2.78. The highest BCUT2D eigenvalue weighted by Gasteiger charge is 2.21. The van der Waals surface area contributed by atoms with Gasteiger partial charge in [0.25, 0.3) is 0 Å². The Labute approximate surface area is 110 Å². The fraction of sp³-hybridized carbons (Fsp3) is 0.714. The molecule has 0 spiro atoms. The summed E-state index contributed by atoms with van der Waals surface area (Å²) in [6.07, 6.45) is 2.52. The second-order valence-corrected chi connectivity index (χ2v) is 5.35. The van der Waals surface area contributed by atoms with Crippen LogP contribution in [0.5, 0.6) is 0 Å². The quantitative estimate of drug-likeness (QED) is 0.860. The molecule has 0 amide bonds. The summed E-state index contributed by atoms with van der Waals surface area (Å²) in [6.45, 7) is 4.13. The van der Waals surface area contributed by atoms with Crippen LogP contribution in [0.1, 0.15) is 24.4 Å². The Bertz CT molecular complexity index is 356. The molecular weight excluding hydrogens is 226 g/mol. The van der Waals surface area contributed by atoms with E-state index in [1.807, 2.05) is 7.05 Å². The molecule has 0 unspecified atom stereocenters. The third-order valence-electron chi connectivity index (χ3n) is 3.78. The van der Waals surface area contributed by atoms with Crippen molar-refractivity contribution >= 4 is 0 Å². The Morgan fingerprint density at radius 3 is 2.67 bits per heavy atom. The minimum atomic E-state index is 0.694. The van der Waals surface area contributed by atoms with Crippen molar-refractivity contribution in [2.75, 3.05) is 34.2 Å². The first-order chi connectivity index (χ1) is 8.69. The summed E-state index contributed by atoms with van der Waals surface area (Å²) in [5, 5.41) is 3.11. The van der Waals surface area contributed by atoms with Crippen LogP contribution in [0, 0.1) is 0 Å². The van der Waals surface area contributed by atoms with Crippen LogP contribution in [-0.2, 0) is 13.1 Å². The summed E-state index contributed by atoms with van der Waals surface area (Å²) in [5.74, 6) is 2.09. The first-order valence-electron chi connectivity index (χ1n) is 6.80. The number of furan rings is 1. The lowest BCUT2D eigenvalue weighted by Crippen LogP contribution is -2.41. The van der Waals surface area contributed by atoms with Gasteiger partial charge in [-0.15, -0.1) is 0 Å². The predicted molar refractivity (Wildman–Crippen MR) is 73.5 cm³/mol. The lowest BCUT2D eigenvalue weighted by Gasteiger charge is -2.34. The number of nitrogens with zero attached hydrogens (tertiary/aromatic N) is 2. The molecule has 1 N–H and O–H groups in total. The highest BCUT2D eigenvalue weighted by Crippen LogP contribution is 2.17. The molecular formula is C14H25N3O. The van der Waals surface area contributed by atoms with E-state index in [0.29, 0.717) is 6.04 Å². The molecule has 1 saturated heterocycles. The zero-order chi connectivity index (χ0) is 13.0. The van der Waals surface area contributed by atoms with Crippen LogP contribution in [0.25, 0.3) is 0 Å². The second-order valence-electron chi connectivity index (χ2n) is 5.35. The Kier molecular flexibility index (Phi) is 4.80. The van der Waals surface area contributed by atoms with Crippen LogP contribution in [0.3, 0.4) is 0 Å². The van der Waals surface area contributed by atoms with Gasteiger partial charge in [0.15, 0.2) is 0 Å². The highest BCUT2D eigenvalue weighted by atomic mass is 16.3. The number of hydrogen-bond acceptors (Lipinski definition) is 4. The van der Waals surface area contributed by atoms with Gasteiger partial charge in [-0.1, -0.05) is 0 Å². The van der Waals surface area contributed by atoms with Gasteiger partial charge in [-0.05, 0) is 59.2 Å². The van der Waals surface area contributed by atoms with Crippen LogP contribution < -0.4 is 5.32 Å². The van der Waals surface area contributed by atoms with Crippen molar-refractivity contribution in [3.8, 4) is 0 Å². The molecule has 1 aliphatic rings. The van der Waals surface area contributed by atoms with Crippen molar-refractivity contribution in [2.24, 2.45) is 0 Å². The summed E-state index contributed by atoms with van der Waals surface area (Å²) < 4.78 is 5.79. The molecule has 102 valence electrons. The zero-order valence-corrected chi connectivity index (χ0v) is 11.8. The summed E-state index contributed by atoms with van der Waals surface area (Å²) >= 11 is 0. The number of hydrogen-bond donors (Lipinski definition) is 1. The SMILES string of the molecule is CNCc1ccc(CN(C)C2CCN(C)CC2)o1. The van der Waals surface area contributed by atoms with Gasteiger partial charge in [0, 0.05) is 6.04 Å². The van der Waals surface area contributed by atoms with Gasteiger partial charge >= 0.3 is 0 Å². The molecule has 0 radical (unpaired) electrons. The summed E-state index contributed by atoms with van der Waals surface area (Å²) in [5.41, 5.74) is 0. The number of nitrogens with one attached hydrogen (secondary N) is 1. The molecule has 1 fully saturated rings. The number of likely N-dealkylation sites (tertiary alicyclic amines) is 1. The van der Waals surface area contributed by atoms with Gasteiger partial charge in [-0.3, -0.25) is 4.90 Å². The van der Waals surface area contributed by atoms with Crippen molar-refractivity contribution in [2.45, 2.75) is 32.0 Å². The molecule has 4 nitrogen and oxygen atoms in total. The minimum Gasteiger partial charge on any atom is -0.463 e. The Morgan fingerprint density at radius 1 is 1.33 bits per heavy atom. The maximum absolute atomic E-state index is 5.79. The zero-order valence-electron chi connectivity index (χ0n) is 11.8. The van der Waals surface area contributed by atoms with Crippen molar-refractivity contribution < 1.29 is 4.42 Å². The van der Waals surface area contributed by atoms with Crippen LogP contribution >= 0.6 is 0 Å². The van der Waals surface area contributed by atoms with E-state index in [-0.39, 0.29) is 0 Å². The smallest absolute Gasteiger partial charge is 0.118 e. The molecule has 0 atom stereocenters. The molecule has 1 aromatic rings. The van der Waals surface area contributed by atoms with Crippen LogP contribution in [0.2, 0.25) is 0 Å². The van der Waals surface area contributed by atoms with E-state index in [2.05, 4.69) is 41.3 Å². The number of piperidine rings is 1. The van der Waals surface area contributed by atoms with Gasteiger partial charge < -0.3 is 14.6 Å². The Balaban J connectivity index is 1.84. The van der Waals surface area contributed by atoms with E-state index in [4.69, 9.17) is 4.42 Å². The average molecular weight is 251 g/mol. The third kappa shape index (κ3) is 3.57. The van der Waals surface area contributed by atoms with Crippen molar-refractivity contribution in [3.05, 3.63) is 23.7 Å². The number of rotatable bonds is 5. The standard InChI is InChI=1S/C14H25N3O/c1-15-10-13-4-5-14(18-13)11-17(3)12-6-8-16(2)9-7-12/h4-5,12,15H,6-11H2,1-3H3. The van der Waals surface area contributed by atoms with Crippen LogP contribution in [0.15, 0.2) is 16.5 Å². The van der Waals surface area contributed by atoms with E-state index in [1.54, 1.807) is 0 Å². The molecule has 0 bridgehead atoms. The van der Waals surface area contributed by atoms with Gasteiger partial charge in [-0.25, -0.2) is 0 Å². The topological polar surface area (TPSA) is 31.6 Å². The summed E-state index contributed by atoms with van der Waals surface area (Å²) in [4.78, 5) is 4.83. The van der Waals surface area contributed by atoms with Crippen molar-refractivity contribution in [1.29, 1.82) is 0 Å². The first-order valence-corrected chi connectivity index (χ1v) is 6.80. The van der Waals surface area contributed by atoms with Crippen LogP contribution in [0.4, 0.5) is 0 Å². The van der Waals surface area contributed by atoms with Crippen LogP contribution in [-0.4, -0.2) is 50.1 Å². The molecule has 0 aliphatic carbocycles. The van der Waals surface area contributed by atoms with Gasteiger partial charge in [-0.2, -0.15) is 0 Å². The van der Waals surface area contributed by atoms with E-state index in [1.165, 1.54) is 25.9 Å². The molecule has 0 aromatic carbocycles. The molecule has 18 heavy (non-hydrogen) atoms. The summed E-state index contributed by atoms with van der Waals surface area (Å²) in [6, 6.07) is 4.85. The lowest BCUT2D eigenvalue weighted by molar-refractivity contribution is 0.132. The normalized spacial score (nSPS) is 18.7. The van der Waals surface area contributed by atoms with E-state index in [9.17, 15) is 0 Å². The van der Waals surface area contributed by atoms with E-state index in [0.717, 1.165) is 24.6 Å². The maximum Gasteiger partial charge on any atom is 0.118 e.